The molecule has 1 nitrogen and oxygen atoms in total. The van der Waals surface area contributed by atoms with Crippen molar-refractivity contribution < 1.29 is 0 Å². The second kappa shape index (κ2) is 31.1. The Kier molecular flexibility index (Phi) is 32.2. The molecule has 1 heteroatoms. The normalized spacial score (nSPS) is 18.5. The van der Waals surface area contributed by atoms with E-state index < -0.39 is 0 Å². The van der Waals surface area contributed by atoms with Crippen molar-refractivity contribution >= 4 is 0 Å². The molecular formula is C43H87N. The largest absolute Gasteiger partial charge is 0.317 e. The summed E-state index contributed by atoms with van der Waals surface area (Å²) >= 11 is 0. The van der Waals surface area contributed by atoms with E-state index in [-0.39, 0.29) is 0 Å². The van der Waals surface area contributed by atoms with E-state index in [0.717, 1.165) is 11.8 Å². The molecule has 44 heavy (non-hydrogen) atoms. The van der Waals surface area contributed by atoms with Crippen LogP contribution in [0.2, 0.25) is 0 Å². The zero-order valence-electron chi connectivity index (χ0n) is 32.4. The topological polar surface area (TPSA) is 12.0 Å². The van der Waals surface area contributed by atoms with Gasteiger partial charge in [-0.05, 0) is 87.1 Å². The van der Waals surface area contributed by atoms with Gasteiger partial charge in [-0.25, -0.2) is 0 Å². The summed E-state index contributed by atoms with van der Waals surface area (Å²) < 4.78 is 0. The van der Waals surface area contributed by atoms with Crippen LogP contribution in [-0.4, -0.2) is 13.1 Å². The molecule has 0 bridgehead atoms. The van der Waals surface area contributed by atoms with Gasteiger partial charge in [0.25, 0.3) is 0 Å². The van der Waals surface area contributed by atoms with Crippen molar-refractivity contribution in [3.8, 4) is 0 Å². The lowest BCUT2D eigenvalue weighted by Gasteiger charge is -2.43. The first-order valence-corrected chi connectivity index (χ1v) is 20.1. The predicted octanol–water partition coefficient (Wildman–Crippen LogP) is 15.1. The maximum absolute atomic E-state index is 4.36. The minimum Gasteiger partial charge on any atom is -0.317 e. The van der Waals surface area contributed by atoms with Crippen LogP contribution in [0.3, 0.4) is 0 Å². The van der Waals surface area contributed by atoms with Crippen LogP contribution in [0, 0.1) is 22.7 Å². The van der Waals surface area contributed by atoms with Crippen molar-refractivity contribution in [3.63, 3.8) is 0 Å². The van der Waals surface area contributed by atoms with E-state index in [0.29, 0.717) is 10.8 Å². The van der Waals surface area contributed by atoms with Gasteiger partial charge in [0.2, 0.25) is 0 Å². The lowest BCUT2D eigenvalue weighted by molar-refractivity contribution is 0.0613. The second-order valence-corrected chi connectivity index (χ2v) is 15.3. The average molecular weight is 618 g/mol. The standard InChI is InChI=1S/C29H59N.C12H24.C2H4/c1-5-8-10-11-14-18-26-30-27-19-15-12-13-17-22-28(4)23-20-25-29(21-7-3)24-16-9-6-2;1-6-10(2)12(5)9-7-8-11(12,3)4;1-2/h29-30H,4-27H2,1-3H3;10H,6-9H2,1-5H3;1-2H2. The van der Waals surface area contributed by atoms with Gasteiger partial charge < -0.3 is 5.32 Å². The molecule has 1 rings (SSSR count). The van der Waals surface area contributed by atoms with Gasteiger partial charge in [-0.15, -0.1) is 13.2 Å². The number of nitrogens with one attached hydrogen (secondary N) is 1. The number of allylic oxidation sites excluding steroid dienone is 1. The van der Waals surface area contributed by atoms with Crippen LogP contribution in [0.5, 0.6) is 0 Å². The molecule has 0 spiro atoms. The molecular weight excluding hydrogens is 530 g/mol. The Labute approximate surface area is 281 Å². The lowest BCUT2D eigenvalue weighted by Crippen LogP contribution is -2.35. The summed E-state index contributed by atoms with van der Waals surface area (Å²) in [6, 6.07) is 0. The van der Waals surface area contributed by atoms with E-state index in [1.807, 2.05) is 0 Å². The summed E-state index contributed by atoms with van der Waals surface area (Å²) in [4.78, 5) is 0. The molecule has 1 aliphatic rings. The Hall–Kier alpha value is -0.560. The van der Waals surface area contributed by atoms with E-state index >= 15 is 0 Å². The van der Waals surface area contributed by atoms with Crippen LogP contribution in [0.4, 0.5) is 0 Å². The molecule has 0 aromatic carbocycles. The molecule has 1 saturated carbocycles. The van der Waals surface area contributed by atoms with Gasteiger partial charge in [0.15, 0.2) is 0 Å². The summed E-state index contributed by atoms with van der Waals surface area (Å²) in [5.74, 6) is 1.86. The Bertz CT molecular complexity index is 606. The van der Waals surface area contributed by atoms with E-state index in [1.165, 1.54) is 179 Å². The molecule has 0 aliphatic heterocycles. The van der Waals surface area contributed by atoms with Gasteiger partial charge in [0.05, 0.1) is 0 Å². The van der Waals surface area contributed by atoms with E-state index in [9.17, 15) is 0 Å². The fourth-order valence-corrected chi connectivity index (χ4v) is 7.49. The van der Waals surface area contributed by atoms with Gasteiger partial charge in [-0.2, -0.15) is 0 Å². The van der Waals surface area contributed by atoms with E-state index in [1.54, 1.807) is 0 Å². The molecule has 0 radical (unpaired) electrons. The third kappa shape index (κ3) is 22.9. The SMILES string of the molecule is C=C.C=C(CCCCCCCNCCCCCCCC)CCCC(CCC)CCCCC.CCC(C)C1(C)CCCC1(C)C. The first-order chi connectivity index (χ1) is 21.2. The van der Waals surface area contributed by atoms with Crippen LogP contribution < -0.4 is 5.32 Å². The molecule has 1 N–H and O–H groups in total. The third-order valence-electron chi connectivity index (χ3n) is 11.4. The summed E-state index contributed by atoms with van der Waals surface area (Å²) in [6.45, 7) is 31.9. The second-order valence-electron chi connectivity index (χ2n) is 15.3. The predicted molar refractivity (Wildman–Crippen MR) is 206 cm³/mol. The highest BCUT2D eigenvalue weighted by Gasteiger charge is 2.47. The van der Waals surface area contributed by atoms with Crippen LogP contribution in [-0.2, 0) is 0 Å². The zero-order chi connectivity index (χ0) is 33.5. The third-order valence-corrected chi connectivity index (χ3v) is 11.4. The van der Waals surface area contributed by atoms with Gasteiger partial charge in [0.1, 0.15) is 0 Å². The molecule has 0 aromatic heterocycles. The van der Waals surface area contributed by atoms with Crippen molar-refractivity contribution in [1.82, 2.24) is 5.32 Å². The van der Waals surface area contributed by atoms with Crippen LogP contribution in [0.15, 0.2) is 25.3 Å². The van der Waals surface area contributed by atoms with E-state index in [4.69, 9.17) is 0 Å². The lowest BCUT2D eigenvalue weighted by atomic mass is 9.62. The highest BCUT2D eigenvalue weighted by atomic mass is 14.8. The molecule has 3 atom stereocenters. The number of hydrogen-bond donors (Lipinski definition) is 1. The summed E-state index contributed by atoms with van der Waals surface area (Å²) in [5, 5.41) is 3.63. The summed E-state index contributed by atoms with van der Waals surface area (Å²) in [5.41, 5.74) is 2.68. The minimum atomic E-state index is 0.572. The molecule has 0 aromatic rings. The molecule has 1 aliphatic carbocycles. The average Bonchev–Trinajstić information content (AvgIpc) is 3.30. The van der Waals surface area contributed by atoms with Crippen molar-refractivity contribution in [2.24, 2.45) is 22.7 Å². The fourth-order valence-electron chi connectivity index (χ4n) is 7.49. The molecule has 0 amide bonds. The van der Waals surface area contributed by atoms with Gasteiger partial charge in [-0.3, -0.25) is 0 Å². The first-order valence-electron chi connectivity index (χ1n) is 20.1. The van der Waals surface area contributed by atoms with Crippen LogP contribution in [0.25, 0.3) is 0 Å². The molecule has 1 fully saturated rings. The number of unbranched alkanes of at least 4 members (excludes halogenated alkanes) is 11. The minimum absolute atomic E-state index is 0.572. The van der Waals surface area contributed by atoms with Gasteiger partial charge in [-0.1, -0.05) is 177 Å². The molecule has 3 unspecified atom stereocenters. The van der Waals surface area contributed by atoms with Crippen molar-refractivity contribution in [3.05, 3.63) is 25.3 Å². The summed E-state index contributed by atoms with van der Waals surface area (Å²) in [7, 11) is 0. The number of hydrogen-bond acceptors (Lipinski definition) is 1. The highest BCUT2D eigenvalue weighted by molar-refractivity contribution is 4.97. The quantitative estimate of drug-likeness (QED) is 0.0714. The van der Waals surface area contributed by atoms with Crippen molar-refractivity contribution in [2.45, 2.75) is 216 Å². The maximum Gasteiger partial charge on any atom is -0.00489 e. The van der Waals surface area contributed by atoms with Gasteiger partial charge >= 0.3 is 0 Å². The van der Waals surface area contributed by atoms with Gasteiger partial charge in [0, 0.05) is 0 Å². The van der Waals surface area contributed by atoms with Crippen molar-refractivity contribution in [1.29, 1.82) is 0 Å². The number of rotatable bonds is 27. The first kappa shape index (κ1) is 45.6. The summed E-state index contributed by atoms with van der Waals surface area (Å²) in [6.07, 6.45) is 34.8. The molecule has 0 saturated heterocycles. The highest BCUT2D eigenvalue weighted by Crippen LogP contribution is 2.57. The Morgan fingerprint density at radius 3 is 1.64 bits per heavy atom. The van der Waals surface area contributed by atoms with E-state index in [2.05, 4.69) is 80.4 Å². The molecule has 264 valence electrons. The molecule has 0 heterocycles. The Morgan fingerprint density at radius 2 is 1.11 bits per heavy atom. The maximum atomic E-state index is 4.36. The zero-order valence-corrected chi connectivity index (χ0v) is 32.4. The fraction of sp³-hybridized carbons (Fsp3) is 0.907. The smallest absolute Gasteiger partial charge is 0.00489 e. The van der Waals surface area contributed by atoms with Crippen LogP contribution in [0.1, 0.15) is 216 Å². The Balaban J connectivity index is 0. The Morgan fingerprint density at radius 1 is 0.614 bits per heavy atom. The van der Waals surface area contributed by atoms with Crippen LogP contribution >= 0.6 is 0 Å². The monoisotopic (exact) mass is 618 g/mol. The van der Waals surface area contributed by atoms with Crippen molar-refractivity contribution in [2.75, 3.05) is 13.1 Å².